The first-order valence-corrected chi connectivity index (χ1v) is 11.1. The molecule has 31 heavy (non-hydrogen) atoms. The van der Waals surface area contributed by atoms with Crippen LogP contribution in [0.2, 0.25) is 0 Å². The summed E-state index contributed by atoms with van der Waals surface area (Å²) >= 11 is 0. The standard InChI is InChI=1S/C23H30N6O2/c30-21(28-17-15-27(16-18-28)20-5-2-1-3-6-20)7-12-24-22(31)19-8-13-29(14-9-19)23-25-10-4-11-26-23/h1-6,10-11,19H,7-9,12-18H2,(H,24,31). The van der Waals surface area contributed by atoms with Crippen molar-refractivity contribution in [2.75, 3.05) is 55.6 Å². The quantitative estimate of drug-likeness (QED) is 0.761. The lowest BCUT2D eigenvalue weighted by atomic mass is 9.96. The van der Waals surface area contributed by atoms with Crippen LogP contribution in [0, 0.1) is 5.92 Å². The van der Waals surface area contributed by atoms with Gasteiger partial charge in [0.05, 0.1) is 0 Å². The minimum absolute atomic E-state index is 0.00974. The molecule has 0 radical (unpaired) electrons. The van der Waals surface area contributed by atoms with Gasteiger partial charge in [0.25, 0.3) is 0 Å². The highest BCUT2D eigenvalue weighted by Crippen LogP contribution is 2.20. The second kappa shape index (κ2) is 10.2. The van der Waals surface area contributed by atoms with E-state index in [4.69, 9.17) is 0 Å². The highest BCUT2D eigenvalue weighted by molar-refractivity contribution is 5.81. The van der Waals surface area contributed by atoms with Crippen molar-refractivity contribution in [1.29, 1.82) is 0 Å². The first kappa shape index (κ1) is 21.1. The maximum Gasteiger partial charge on any atom is 0.225 e. The average molecular weight is 423 g/mol. The molecule has 2 aromatic rings. The number of anilines is 2. The number of benzene rings is 1. The molecule has 1 N–H and O–H groups in total. The van der Waals surface area contributed by atoms with Crippen LogP contribution in [-0.4, -0.2) is 72.5 Å². The van der Waals surface area contributed by atoms with Crippen molar-refractivity contribution in [3.8, 4) is 0 Å². The second-order valence-corrected chi connectivity index (χ2v) is 8.05. The van der Waals surface area contributed by atoms with Crippen LogP contribution in [0.3, 0.4) is 0 Å². The van der Waals surface area contributed by atoms with Crippen LogP contribution in [0.4, 0.5) is 11.6 Å². The van der Waals surface area contributed by atoms with E-state index in [0.717, 1.165) is 58.1 Å². The SMILES string of the molecule is O=C(NCCC(=O)N1CCN(c2ccccc2)CC1)C1CCN(c2ncccn2)CC1. The van der Waals surface area contributed by atoms with Crippen LogP contribution in [0.1, 0.15) is 19.3 Å². The largest absolute Gasteiger partial charge is 0.368 e. The molecule has 164 valence electrons. The Balaban J connectivity index is 1.14. The highest BCUT2D eigenvalue weighted by Gasteiger charge is 2.26. The molecule has 8 heteroatoms. The van der Waals surface area contributed by atoms with Gasteiger partial charge >= 0.3 is 0 Å². The van der Waals surface area contributed by atoms with Gasteiger partial charge in [-0.2, -0.15) is 0 Å². The Kier molecular flexibility index (Phi) is 6.96. The average Bonchev–Trinajstić information content (AvgIpc) is 2.85. The zero-order valence-corrected chi connectivity index (χ0v) is 17.8. The monoisotopic (exact) mass is 422 g/mol. The summed E-state index contributed by atoms with van der Waals surface area (Å²) in [4.78, 5) is 39.9. The Morgan fingerprint density at radius 2 is 1.55 bits per heavy atom. The van der Waals surface area contributed by atoms with Crippen LogP contribution >= 0.6 is 0 Å². The van der Waals surface area contributed by atoms with Crippen LogP contribution in [0.5, 0.6) is 0 Å². The first-order valence-electron chi connectivity index (χ1n) is 11.1. The van der Waals surface area contributed by atoms with Crippen molar-refractivity contribution in [3.63, 3.8) is 0 Å². The van der Waals surface area contributed by atoms with Gasteiger partial charge in [0.15, 0.2) is 0 Å². The molecule has 2 fully saturated rings. The molecule has 3 heterocycles. The Morgan fingerprint density at radius 1 is 0.871 bits per heavy atom. The van der Waals surface area contributed by atoms with Crippen LogP contribution in [0.25, 0.3) is 0 Å². The normalized spacial score (nSPS) is 17.5. The minimum atomic E-state index is -0.00974. The van der Waals surface area contributed by atoms with Gasteiger partial charge < -0.3 is 20.0 Å². The lowest BCUT2D eigenvalue weighted by Gasteiger charge is -2.36. The van der Waals surface area contributed by atoms with E-state index in [1.807, 2.05) is 23.1 Å². The number of nitrogens with one attached hydrogen (secondary N) is 1. The van der Waals surface area contributed by atoms with Gasteiger partial charge in [0, 0.05) is 76.2 Å². The van der Waals surface area contributed by atoms with E-state index < -0.39 is 0 Å². The Bertz CT molecular complexity index is 775. The lowest BCUT2D eigenvalue weighted by Crippen LogP contribution is -2.49. The number of rotatable bonds is 6. The van der Waals surface area contributed by atoms with Crippen molar-refractivity contribution in [3.05, 3.63) is 48.8 Å². The third kappa shape index (κ3) is 5.51. The summed E-state index contributed by atoms with van der Waals surface area (Å²) in [5, 5.41) is 2.96. The molecule has 2 saturated heterocycles. The zero-order valence-electron chi connectivity index (χ0n) is 17.8. The summed E-state index contributed by atoms with van der Waals surface area (Å²) in [7, 11) is 0. The van der Waals surface area contributed by atoms with Gasteiger partial charge in [-0.1, -0.05) is 18.2 Å². The van der Waals surface area contributed by atoms with Crippen molar-refractivity contribution < 1.29 is 9.59 Å². The predicted octanol–water partition coefficient (Wildman–Crippen LogP) is 1.55. The third-order valence-corrected chi connectivity index (χ3v) is 6.09. The summed E-state index contributed by atoms with van der Waals surface area (Å²) in [5.74, 6) is 0.878. The lowest BCUT2D eigenvalue weighted by molar-refractivity contribution is -0.131. The minimum Gasteiger partial charge on any atom is -0.368 e. The number of hydrogen-bond acceptors (Lipinski definition) is 6. The molecule has 4 rings (SSSR count). The fourth-order valence-electron chi connectivity index (χ4n) is 4.24. The van der Waals surface area contributed by atoms with E-state index in [1.165, 1.54) is 5.69 Å². The third-order valence-electron chi connectivity index (χ3n) is 6.09. The number of carbonyl (C=O) groups is 2. The van der Waals surface area contributed by atoms with Crippen LogP contribution in [0.15, 0.2) is 48.8 Å². The van der Waals surface area contributed by atoms with E-state index >= 15 is 0 Å². The molecule has 8 nitrogen and oxygen atoms in total. The number of carbonyl (C=O) groups excluding carboxylic acids is 2. The van der Waals surface area contributed by atoms with Gasteiger partial charge in [-0.3, -0.25) is 9.59 Å². The number of para-hydroxylation sites is 1. The zero-order chi connectivity index (χ0) is 21.5. The maximum absolute atomic E-state index is 12.5. The number of piperazine rings is 1. The molecule has 0 bridgehead atoms. The second-order valence-electron chi connectivity index (χ2n) is 8.05. The van der Waals surface area contributed by atoms with Crippen molar-refractivity contribution in [2.24, 2.45) is 5.92 Å². The van der Waals surface area contributed by atoms with Crippen LogP contribution in [-0.2, 0) is 9.59 Å². The smallest absolute Gasteiger partial charge is 0.225 e. The molecule has 0 spiro atoms. The molecule has 2 aliphatic heterocycles. The Hall–Kier alpha value is -3.16. The first-order chi connectivity index (χ1) is 15.2. The summed E-state index contributed by atoms with van der Waals surface area (Å²) in [5.41, 5.74) is 1.20. The molecule has 0 atom stereocenters. The van der Waals surface area contributed by atoms with E-state index in [1.54, 1.807) is 18.5 Å². The van der Waals surface area contributed by atoms with Gasteiger partial charge in [0.1, 0.15) is 0 Å². The topological polar surface area (TPSA) is 81.7 Å². The van der Waals surface area contributed by atoms with E-state index in [2.05, 4.69) is 37.2 Å². The number of nitrogens with zero attached hydrogens (tertiary/aromatic N) is 5. The summed E-state index contributed by atoms with van der Waals surface area (Å²) in [6, 6.07) is 12.1. The van der Waals surface area contributed by atoms with Crippen LogP contribution < -0.4 is 15.1 Å². The molecule has 2 amide bonds. The molecule has 1 aromatic carbocycles. The fraction of sp³-hybridized carbons (Fsp3) is 0.478. The van der Waals surface area contributed by atoms with Crippen molar-refractivity contribution in [2.45, 2.75) is 19.3 Å². The Morgan fingerprint density at radius 3 is 2.23 bits per heavy atom. The summed E-state index contributed by atoms with van der Waals surface area (Å²) < 4.78 is 0. The molecular formula is C23H30N6O2. The number of aromatic nitrogens is 2. The molecule has 2 aliphatic rings. The maximum atomic E-state index is 12.5. The molecular weight excluding hydrogens is 392 g/mol. The summed E-state index contributed by atoms with van der Waals surface area (Å²) in [6.45, 7) is 5.07. The fourth-order valence-corrected chi connectivity index (χ4v) is 4.24. The van der Waals surface area contributed by atoms with E-state index in [9.17, 15) is 9.59 Å². The summed E-state index contributed by atoms with van der Waals surface area (Å²) in [6.07, 6.45) is 5.38. The van der Waals surface area contributed by atoms with Gasteiger partial charge in [-0.15, -0.1) is 0 Å². The predicted molar refractivity (Wildman–Crippen MR) is 120 cm³/mol. The van der Waals surface area contributed by atoms with Crippen molar-refractivity contribution >= 4 is 23.5 Å². The molecule has 1 aromatic heterocycles. The number of piperidine rings is 1. The van der Waals surface area contributed by atoms with Gasteiger partial charge in [-0.25, -0.2) is 9.97 Å². The van der Waals surface area contributed by atoms with Gasteiger partial charge in [-0.05, 0) is 31.0 Å². The van der Waals surface area contributed by atoms with E-state index in [-0.39, 0.29) is 17.7 Å². The van der Waals surface area contributed by atoms with E-state index in [0.29, 0.717) is 13.0 Å². The molecule has 0 unspecified atom stereocenters. The van der Waals surface area contributed by atoms with Gasteiger partial charge in [0.2, 0.25) is 17.8 Å². The number of amides is 2. The molecule has 0 saturated carbocycles. The molecule has 0 aliphatic carbocycles. The van der Waals surface area contributed by atoms with Crippen molar-refractivity contribution in [1.82, 2.24) is 20.2 Å². The number of hydrogen-bond donors (Lipinski definition) is 1. The highest BCUT2D eigenvalue weighted by atomic mass is 16.2. The Labute approximate surface area is 183 Å².